The molecule has 1 saturated carbocycles. The maximum absolute atomic E-state index is 4.70. The van der Waals surface area contributed by atoms with Crippen molar-refractivity contribution in [2.45, 2.75) is 32.7 Å². The number of anilines is 2. The fraction of sp³-hybridized carbons (Fsp3) is 0.250. The van der Waals surface area contributed by atoms with Crippen LogP contribution in [0.1, 0.15) is 36.9 Å². The third-order valence-corrected chi connectivity index (χ3v) is 4.40. The Labute approximate surface area is 147 Å². The Bertz CT molecular complexity index is 920. The molecule has 3 aromatic rings. The number of allylic oxidation sites excluding steroid dienone is 1. The van der Waals surface area contributed by atoms with Gasteiger partial charge in [-0.25, -0.2) is 9.97 Å². The molecule has 0 bridgehead atoms. The zero-order valence-electron chi connectivity index (χ0n) is 14.5. The van der Waals surface area contributed by atoms with E-state index in [9.17, 15) is 0 Å². The van der Waals surface area contributed by atoms with Crippen molar-refractivity contribution in [1.82, 2.24) is 19.7 Å². The van der Waals surface area contributed by atoms with E-state index in [2.05, 4.69) is 46.2 Å². The van der Waals surface area contributed by atoms with E-state index in [-0.39, 0.29) is 0 Å². The Kier molecular flexibility index (Phi) is 3.84. The standard InChI is InChI=1S/C20H21N5/c1-13(2)15-4-6-16(7-5-15)19-14(3)10-21-20(24-19)23-17-11-22-25(12-17)18-8-9-18/h4-7,10-12,18H,1,8-9H2,2-3H3,(H,21,23,24). The van der Waals surface area contributed by atoms with E-state index in [1.54, 1.807) is 0 Å². The Morgan fingerprint density at radius 1 is 1.20 bits per heavy atom. The number of hydrogen-bond acceptors (Lipinski definition) is 4. The molecule has 1 aromatic carbocycles. The molecule has 5 nitrogen and oxygen atoms in total. The van der Waals surface area contributed by atoms with Crippen molar-refractivity contribution in [3.8, 4) is 11.3 Å². The number of rotatable bonds is 5. The first-order chi connectivity index (χ1) is 12.1. The zero-order chi connectivity index (χ0) is 17.4. The predicted molar refractivity (Wildman–Crippen MR) is 101 cm³/mol. The van der Waals surface area contributed by atoms with Gasteiger partial charge in [0.25, 0.3) is 0 Å². The van der Waals surface area contributed by atoms with E-state index < -0.39 is 0 Å². The first kappa shape index (κ1) is 15.6. The van der Waals surface area contributed by atoms with Crippen LogP contribution in [0.4, 0.5) is 11.6 Å². The van der Waals surface area contributed by atoms with Gasteiger partial charge >= 0.3 is 0 Å². The van der Waals surface area contributed by atoms with Crippen LogP contribution in [-0.4, -0.2) is 19.7 Å². The molecular formula is C20H21N5. The fourth-order valence-electron chi connectivity index (χ4n) is 2.78. The summed E-state index contributed by atoms with van der Waals surface area (Å²) in [5, 5.41) is 7.64. The van der Waals surface area contributed by atoms with Gasteiger partial charge < -0.3 is 5.32 Å². The van der Waals surface area contributed by atoms with Crippen LogP contribution >= 0.6 is 0 Å². The van der Waals surface area contributed by atoms with Gasteiger partial charge in [0.15, 0.2) is 0 Å². The summed E-state index contributed by atoms with van der Waals surface area (Å²) in [5.41, 5.74) is 6.16. The van der Waals surface area contributed by atoms with Crippen molar-refractivity contribution in [3.63, 3.8) is 0 Å². The van der Waals surface area contributed by atoms with E-state index in [0.717, 1.165) is 33.6 Å². The fourth-order valence-corrected chi connectivity index (χ4v) is 2.78. The number of aromatic nitrogens is 4. The van der Waals surface area contributed by atoms with Gasteiger partial charge in [-0.2, -0.15) is 5.10 Å². The molecular weight excluding hydrogens is 310 g/mol. The average molecular weight is 331 g/mol. The minimum Gasteiger partial charge on any atom is -0.321 e. The van der Waals surface area contributed by atoms with Crippen LogP contribution in [0.15, 0.2) is 49.4 Å². The molecule has 1 aliphatic carbocycles. The third kappa shape index (κ3) is 3.31. The maximum Gasteiger partial charge on any atom is 0.227 e. The average Bonchev–Trinajstić information content (AvgIpc) is 3.36. The zero-order valence-corrected chi connectivity index (χ0v) is 14.5. The van der Waals surface area contributed by atoms with Crippen molar-refractivity contribution in [3.05, 3.63) is 60.6 Å². The molecule has 0 atom stereocenters. The Hall–Kier alpha value is -2.95. The number of nitrogens with one attached hydrogen (secondary N) is 1. The van der Waals surface area contributed by atoms with Gasteiger partial charge in [-0.15, -0.1) is 0 Å². The maximum atomic E-state index is 4.70. The van der Waals surface area contributed by atoms with Crippen molar-refractivity contribution in [2.24, 2.45) is 0 Å². The topological polar surface area (TPSA) is 55.6 Å². The second kappa shape index (κ2) is 6.16. The molecule has 0 aliphatic heterocycles. The van der Waals surface area contributed by atoms with Gasteiger partial charge in [-0.05, 0) is 37.8 Å². The number of aryl methyl sites for hydroxylation is 1. The van der Waals surface area contributed by atoms with E-state index in [0.29, 0.717) is 12.0 Å². The van der Waals surface area contributed by atoms with Gasteiger partial charge in [-0.3, -0.25) is 4.68 Å². The van der Waals surface area contributed by atoms with Crippen LogP contribution in [-0.2, 0) is 0 Å². The highest BCUT2D eigenvalue weighted by atomic mass is 15.3. The van der Waals surface area contributed by atoms with Crippen LogP contribution < -0.4 is 5.32 Å². The van der Waals surface area contributed by atoms with Gasteiger partial charge in [0.1, 0.15) is 0 Å². The number of hydrogen-bond donors (Lipinski definition) is 1. The second-order valence-electron chi connectivity index (χ2n) is 6.65. The summed E-state index contributed by atoms with van der Waals surface area (Å²) >= 11 is 0. The second-order valence-corrected chi connectivity index (χ2v) is 6.65. The number of nitrogens with zero attached hydrogens (tertiary/aromatic N) is 4. The summed E-state index contributed by atoms with van der Waals surface area (Å²) in [6.07, 6.45) is 8.12. The van der Waals surface area contributed by atoms with Crippen LogP contribution in [0.2, 0.25) is 0 Å². The molecule has 25 heavy (non-hydrogen) atoms. The van der Waals surface area contributed by atoms with Gasteiger partial charge in [-0.1, -0.05) is 36.4 Å². The smallest absolute Gasteiger partial charge is 0.227 e. The van der Waals surface area contributed by atoms with E-state index in [1.165, 1.54) is 12.8 Å². The highest BCUT2D eigenvalue weighted by Crippen LogP contribution is 2.34. The third-order valence-electron chi connectivity index (χ3n) is 4.40. The lowest BCUT2D eigenvalue weighted by Gasteiger charge is -2.09. The Morgan fingerprint density at radius 3 is 2.64 bits per heavy atom. The van der Waals surface area contributed by atoms with Crippen molar-refractivity contribution >= 4 is 17.2 Å². The molecule has 1 aliphatic rings. The number of benzene rings is 1. The molecule has 126 valence electrons. The molecule has 0 saturated heterocycles. The highest BCUT2D eigenvalue weighted by molar-refractivity contribution is 5.69. The SMILES string of the molecule is C=C(C)c1ccc(-c2nc(Nc3cnn(C4CC4)c3)ncc2C)cc1. The predicted octanol–water partition coefficient (Wildman–Crippen LogP) is 4.76. The summed E-state index contributed by atoms with van der Waals surface area (Å²) in [5.74, 6) is 0.583. The van der Waals surface area contributed by atoms with Crippen molar-refractivity contribution < 1.29 is 0 Å². The van der Waals surface area contributed by atoms with Gasteiger partial charge in [0.2, 0.25) is 5.95 Å². The van der Waals surface area contributed by atoms with Crippen molar-refractivity contribution in [2.75, 3.05) is 5.32 Å². The molecule has 0 radical (unpaired) electrons. The normalized spacial score (nSPS) is 13.7. The monoisotopic (exact) mass is 331 g/mol. The van der Waals surface area contributed by atoms with E-state index in [4.69, 9.17) is 4.98 Å². The molecule has 4 rings (SSSR count). The molecule has 0 unspecified atom stereocenters. The molecule has 1 fully saturated rings. The van der Waals surface area contributed by atoms with Crippen LogP contribution in [0, 0.1) is 6.92 Å². The van der Waals surface area contributed by atoms with E-state index >= 15 is 0 Å². The minimum atomic E-state index is 0.567. The Balaban J connectivity index is 1.59. The molecule has 0 spiro atoms. The van der Waals surface area contributed by atoms with Crippen molar-refractivity contribution in [1.29, 1.82) is 0 Å². The quantitative estimate of drug-likeness (QED) is 0.732. The molecule has 2 heterocycles. The summed E-state index contributed by atoms with van der Waals surface area (Å²) in [6.45, 7) is 8.01. The van der Waals surface area contributed by atoms with Gasteiger partial charge in [0.05, 0.1) is 23.6 Å². The molecule has 5 heteroatoms. The first-order valence-corrected chi connectivity index (χ1v) is 8.51. The van der Waals surface area contributed by atoms with Crippen LogP contribution in [0.5, 0.6) is 0 Å². The molecule has 1 N–H and O–H groups in total. The van der Waals surface area contributed by atoms with Gasteiger partial charge in [0, 0.05) is 18.0 Å². The van der Waals surface area contributed by atoms with Crippen LogP contribution in [0.25, 0.3) is 16.8 Å². The Morgan fingerprint density at radius 2 is 1.96 bits per heavy atom. The summed E-state index contributed by atoms with van der Waals surface area (Å²) in [6, 6.07) is 8.87. The summed E-state index contributed by atoms with van der Waals surface area (Å²) < 4.78 is 2.01. The molecule has 2 aromatic heterocycles. The molecule has 0 amide bonds. The van der Waals surface area contributed by atoms with Crippen LogP contribution in [0.3, 0.4) is 0 Å². The summed E-state index contributed by atoms with van der Waals surface area (Å²) in [4.78, 5) is 9.10. The lowest BCUT2D eigenvalue weighted by atomic mass is 10.0. The first-order valence-electron chi connectivity index (χ1n) is 8.51. The minimum absolute atomic E-state index is 0.567. The highest BCUT2D eigenvalue weighted by Gasteiger charge is 2.24. The van der Waals surface area contributed by atoms with E-state index in [1.807, 2.05) is 37.1 Å². The largest absolute Gasteiger partial charge is 0.321 e. The summed E-state index contributed by atoms with van der Waals surface area (Å²) in [7, 11) is 0. The lowest BCUT2D eigenvalue weighted by molar-refractivity contribution is 0.642. The lowest BCUT2D eigenvalue weighted by Crippen LogP contribution is -1.99.